The van der Waals surface area contributed by atoms with Gasteiger partial charge in [-0.1, -0.05) is 24.3 Å². The van der Waals surface area contributed by atoms with E-state index in [-0.39, 0.29) is 35.4 Å². The van der Waals surface area contributed by atoms with Crippen molar-refractivity contribution < 1.29 is 22.7 Å². The van der Waals surface area contributed by atoms with E-state index in [0.29, 0.717) is 6.54 Å². The summed E-state index contributed by atoms with van der Waals surface area (Å²) < 4.78 is 31.3. The maximum Gasteiger partial charge on any atom is 0.269 e. The molecule has 0 atom stereocenters. The molecule has 2 aromatic carbocycles. The zero-order valence-corrected chi connectivity index (χ0v) is 17.9. The van der Waals surface area contributed by atoms with Crippen LogP contribution in [0.15, 0.2) is 53.4 Å². The molecule has 0 aromatic heterocycles. The molecule has 0 saturated heterocycles. The summed E-state index contributed by atoms with van der Waals surface area (Å²) in [7, 11) is -3.87. The first-order valence-corrected chi connectivity index (χ1v) is 11.4. The standard InChI is InChI=1S/C22H26N2O5S/c1-16(2)29-18-11-9-17(10-12-18)6-5-14-23-21(25)13-15-24-22(26)19-7-3-4-8-20(19)30(24,27)28/h3-4,7-12,16H,5-6,13-15H2,1-2H3,(H,23,25). The molecule has 7 nitrogen and oxygen atoms in total. The van der Waals surface area contributed by atoms with Crippen molar-refractivity contribution in [3.8, 4) is 5.75 Å². The minimum atomic E-state index is -3.87. The fourth-order valence-electron chi connectivity index (χ4n) is 3.27. The summed E-state index contributed by atoms with van der Waals surface area (Å²) in [6, 6.07) is 13.9. The number of aryl methyl sites for hydroxylation is 1. The molecule has 3 rings (SSSR count). The van der Waals surface area contributed by atoms with E-state index >= 15 is 0 Å². The van der Waals surface area contributed by atoms with Gasteiger partial charge in [-0.25, -0.2) is 12.7 Å². The molecule has 1 aliphatic heterocycles. The first-order valence-electron chi connectivity index (χ1n) is 9.97. The average Bonchev–Trinajstić information content (AvgIpc) is 2.90. The van der Waals surface area contributed by atoms with E-state index < -0.39 is 15.9 Å². The van der Waals surface area contributed by atoms with E-state index in [2.05, 4.69) is 5.32 Å². The number of benzene rings is 2. The van der Waals surface area contributed by atoms with E-state index in [4.69, 9.17) is 4.74 Å². The highest BCUT2D eigenvalue weighted by molar-refractivity contribution is 7.90. The predicted molar refractivity (Wildman–Crippen MR) is 113 cm³/mol. The fourth-order valence-corrected chi connectivity index (χ4v) is 4.84. The lowest BCUT2D eigenvalue weighted by Gasteiger charge is -2.14. The Morgan fingerprint density at radius 1 is 1.10 bits per heavy atom. The molecule has 1 N–H and O–H groups in total. The molecular formula is C22H26N2O5S. The van der Waals surface area contributed by atoms with Crippen molar-refractivity contribution in [1.29, 1.82) is 0 Å². The maximum absolute atomic E-state index is 12.5. The van der Waals surface area contributed by atoms with Crippen molar-refractivity contribution in [2.45, 2.75) is 44.1 Å². The van der Waals surface area contributed by atoms with Crippen LogP contribution in [0.3, 0.4) is 0 Å². The Morgan fingerprint density at radius 2 is 1.80 bits per heavy atom. The molecule has 0 spiro atoms. The third-order valence-electron chi connectivity index (χ3n) is 4.71. The lowest BCUT2D eigenvalue weighted by molar-refractivity contribution is -0.121. The number of amides is 2. The molecule has 0 fully saturated rings. The zero-order valence-electron chi connectivity index (χ0n) is 17.1. The molecule has 0 bridgehead atoms. The first-order chi connectivity index (χ1) is 14.3. The molecule has 160 valence electrons. The molecular weight excluding hydrogens is 404 g/mol. The van der Waals surface area contributed by atoms with Gasteiger partial charge in [-0.15, -0.1) is 0 Å². The van der Waals surface area contributed by atoms with Gasteiger partial charge in [0.05, 0.1) is 11.7 Å². The number of hydrogen-bond acceptors (Lipinski definition) is 5. The van der Waals surface area contributed by atoms with Gasteiger partial charge >= 0.3 is 0 Å². The summed E-state index contributed by atoms with van der Waals surface area (Å²) in [4.78, 5) is 24.4. The van der Waals surface area contributed by atoms with Gasteiger partial charge in [-0.05, 0) is 56.5 Å². The van der Waals surface area contributed by atoms with E-state index in [1.165, 1.54) is 12.1 Å². The SMILES string of the molecule is CC(C)Oc1ccc(CCCNC(=O)CCN2C(=O)c3ccccc3S2(=O)=O)cc1. The minimum Gasteiger partial charge on any atom is -0.491 e. The summed E-state index contributed by atoms with van der Waals surface area (Å²) in [5, 5.41) is 2.78. The summed E-state index contributed by atoms with van der Waals surface area (Å²) in [6.07, 6.45) is 1.62. The van der Waals surface area contributed by atoms with Gasteiger partial charge in [0.1, 0.15) is 10.6 Å². The number of hydrogen-bond donors (Lipinski definition) is 1. The molecule has 2 aromatic rings. The Morgan fingerprint density at radius 3 is 2.47 bits per heavy atom. The molecule has 8 heteroatoms. The highest BCUT2D eigenvalue weighted by Gasteiger charge is 2.40. The smallest absolute Gasteiger partial charge is 0.269 e. The van der Waals surface area contributed by atoms with Gasteiger partial charge in [0.25, 0.3) is 15.9 Å². The van der Waals surface area contributed by atoms with E-state index in [1.54, 1.807) is 12.1 Å². The molecule has 30 heavy (non-hydrogen) atoms. The molecule has 0 aliphatic carbocycles. The lowest BCUT2D eigenvalue weighted by Crippen LogP contribution is -2.35. The number of ether oxygens (including phenoxy) is 1. The number of nitrogens with zero attached hydrogens (tertiary/aromatic N) is 1. The quantitative estimate of drug-likeness (QED) is 0.618. The van der Waals surface area contributed by atoms with E-state index in [9.17, 15) is 18.0 Å². The molecule has 2 amide bonds. The second kappa shape index (κ2) is 9.30. The van der Waals surface area contributed by atoms with Crippen LogP contribution in [0.25, 0.3) is 0 Å². The van der Waals surface area contributed by atoms with Crippen LogP contribution < -0.4 is 10.1 Å². The topological polar surface area (TPSA) is 92.8 Å². The van der Waals surface area contributed by atoms with Crippen LogP contribution in [-0.4, -0.2) is 43.7 Å². The summed E-state index contributed by atoms with van der Waals surface area (Å²) in [5.41, 5.74) is 1.30. The lowest BCUT2D eigenvalue weighted by atomic mass is 10.1. The average molecular weight is 431 g/mol. The molecule has 0 radical (unpaired) electrons. The first kappa shape index (κ1) is 21.8. The largest absolute Gasteiger partial charge is 0.491 e. The Hall–Kier alpha value is -2.87. The molecule has 0 saturated carbocycles. The van der Waals surface area contributed by atoms with Gasteiger partial charge in [0.2, 0.25) is 5.91 Å². The summed E-state index contributed by atoms with van der Waals surface area (Å²) in [6.45, 7) is 4.26. The van der Waals surface area contributed by atoms with Crippen molar-refractivity contribution >= 4 is 21.8 Å². The normalized spacial score (nSPS) is 14.6. The van der Waals surface area contributed by atoms with Crippen molar-refractivity contribution in [2.24, 2.45) is 0 Å². The van der Waals surface area contributed by atoms with Gasteiger partial charge in [0, 0.05) is 19.5 Å². The van der Waals surface area contributed by atoms with Crippen LogP contribution in [0.4, 0.5) is 0 Å². The third-order valence-corrected chi connectivity index (χ3v) is 6.55. The van der Waals surface area contributed by atoms with Crippen molar-refractivity contribution in [3.05, 3.63) is 59.7 Å². The highest BCUT2D eigenvalue weighted by Crippen LogP contribution is 2.29. The van der Waals surface area contributed by atoms with Crippen LogP contribution >= 0.6 is 0 Å². The van der Waals surface area contributed by atoms with Crippen molar-refractivity contribution in [1.82, 2.24) is 9.62 Å². The Kier molecular flexibility index (Phi) is 6.77. The van der Waals surface area contributed by atoms with Gasteiger partial charge < -0.3 is 10.1 Å². The van der Waals surface area contributed by atoms with Crippen LogP contribution in [-0.2, 0) is 21.2 Å². The number of sulfonamides is 1. The zero-order chi connectivity index (χ0) is 21.7. The number of carbonyl (C=O) groups excluding carboxylic acids is 2. The van der Waals surface area contributed by atoms with Crippen molar-refractivity contribution in [2.75, 3.05) is 13.1 Å². The second-order valence-electron chi connectivity index (χ2n) is 7.39. The highest BCUT2D eigenvalue weighted by atomic mass is 32.2. The van der Waals surface area contributed by atoms with Crippen LogP contribution in [0.2, 0.25) is 0 Å². The Balaban J connectivity index is 1.41. The molecule has 1 aliphatic rings. The summed E-state index contributed by atoms with van der Waals surface area (Å²) >= 11 is 0. The van der Waals surface area contributed by atoms with Gasteiger partial charge in [-0.3, -0.25) is 9.59 Å². The summed E-state index contributed by atoms with van der Waals surface area (Å²) in [5.74, 6) is -0.0338. The fraction of sp³-hybridized carbons (Fsp3) is 0.364. The van der Waals surface area contributed by atoms with Crippen LogP contribution in [0.1, 0.15) is 42.6 Å². The predicted octanol–water partition coefficient (Wildman–Crippen LogP) is 2.76. The van der Waals surface area contributed by atoms with Gasteiger partial charge in [0.15, 0.2) is 0 Å². The van der Waals surface area contributed by atoms with E-state index in [1.807, 2.05) is 38.1 Å². The number of fused-ring (bicyclic) bond motifs is 1. The maximum atomic E-state index is 12.5. The second-order valence-corrected chi connectivity index (χ2v) is 9.22. The van der Waals surface area contributed by atoms with Crippen LogP contribution in [0, 0.1) is 0 Å². The molecule has 1 heterocycles. The van der Waals surface area contributed by atoms with Gasteiger partial charge in [-0.2, -0.15) is 0 Å². The monoisotopic (exact) mass is 430 g/mol. The number of carbonyl (C=O) groups is 2. The van der Waals surface area contributed by atoms with Crippen LogP contribution in [0.5, 0.6) is 5.75 Å². The van der Waals surface area contributed by atoms with Crippen molar-refractivity contribution in [3.63, 3.8) is 0 Å². The number of nitrogens with one attached hydrogen (secondary N) is 1. The Bertz CT molecular complexity index is 1020. The number of rotatable bonds is 9. The third kappa shape index (κ3) is 4.99. The Labute approximate surface area is 177 Å². The molecule has 0 unspecified atom stereocenters. The minimum absolute atomic E-state index is 0.000205. The van der Waals surface area contributed by atoms with E-state index in [0.717, 1.165) is 28.5 Å².